The van der Waals surface area contributed by atoms with Crippen LogP contribution in [0.15, 0.2) is 24.3 Å². The first-order chi connectivity index (χ1) is 35.1. The average molecular weight is 1060 g/mol. The Morgan fingerprint density at radius 3 is 2.12 bits per heavy atom. The van der Waals surface area contributed by atoms with Gasteiger partial charge in [0, 0.05) is 33.6 Å². The van der Waals surface area contributed by atoms with Gasteiger partial charge in [-0.25, -0.2) is 4.79 Å². The van der Waals surface area contributed by atoms with E-state index in [0.717, 1.165) is 4.90 Å². The van der Waals surface area contributed by atoms with Gasteiger partial charge in [-0.15, -0.1) is 0 Å². The molecule has 3 heterocycles. The molecule has 0 aromatic heterocycles. The molecular formula is C54H85N7O14. The minimum atomic E-state index is -1.77. The number of carbonyl (C=O) groups is 9. The minimum absolute atomic E-state index is 0.0307. The number of ketones is 1. The molecule has 3 aliphatic rings. The van der Waals surface area contributed by atoms with Gasteiger partial charge >= 0.3 is 5.97 Å². The zero-order chi connectivity index (χ0) is 56.3. The Balaban J connectivity index is 1.94. The third kappa shape index (κ3) is 15.6. The summed E-state index contributed by atoms with van der Waals surface area (Å²) in [5.41, 5.74) is 0.573. The number of carbonyl (C=O) groups excluding carboxylic acids is 9. The Labute approximate surface area is 442 Å². The van der Waals surface area contributed by atoms with Gasteiger partial charge in [-0.3, -0.25) is 43.3 Å². The Kier molecular flexibility index (Phi) is 22.8. The van der Waals surface area contributed by atoms with E-state index in [2.05, 4.69) is 16.0 Å². The van der Waals surface area contributed by atoms with Gasteiger partial charge in [-0.2, -0.15) is 0 Å². The number of benzene rings is 1. The first-order valence-corrected chi connectivity index (χ1v) is 26.6. The summed E-state index contributed by atoms with van der Waals surface area (Å²) in [6.07, 6.45) is -5.71. The van der Waals surface area contributed by atoms with Gasteiger partial charge in [-0.05, 0) is 87.3 Å². The van der Waals surface area contributed by atoms with E-state index in [4.69, 9.17) is 9.47 Å². The number of imide groups is 1. The standard InChI is InChI=1S/C54H85N7O14/c1-14-31(8)44-42(63)26-43(64)61(50(69)32(9)47(66)46(65)30(6)7)40(23-29(4)5)53(72)60-21-15-16-38(60)52(71)59(12)41(24-34-17-19-36(74-13)20-18-34)54(73)75-33(10)45(49(68)56-44)57-48(67)39(22-28(2)3)58(11)51(70)37-25-35(62)27-55-37/h17-20,28-33,35,37-42,44-46,55,62-63,65H,14-16,21-27H2,1-13H3,(H,56,68)(H,57,67)/t31-,32-,33+,35+,37-,38-,39+,40?,41-,42-,44?,45-,46-/m0/s1. The molecule has 0 saturated carbocycles. The molecule has 75 heavy (non-hydrogen) atoms. The van der Waals surface area contributed by atoms with E-state index in [1.165, 1.54) is 44.9 Å². The average Bonchev–Trinajstić information content (AvgIpc) is 4.04. The molecule has 3 saturated heterocycles. The summed E-state index contributed by atoms with van der Waals surface area (Å²) >= 11 is 0. The predicted molar refractivity (Wildman–Crippen MR) is 276 cm³/mol. The van der Waals surface area contributed by atoms with Gasteiger partial charge in [0.25, 0.3) is 0 Å². The number of likely N-dealkylation sites (N-methyl/N-ethyl adjacent to an activating group) is 2. The van der Waals surface area contributed by atoms with Crippen LogP contribution >= 0.6 is 0 Å². The lowest BCUT2D eigenvalue weighted by molar-refractivity contribution is -0.165. The molecule has 0 spiro atoms. The van der Waals surface area contributed by atoms with Crippen LogP contribution in [0.5, 0.6) is 5.75 Å². The summed E-state index contributed by atoms with van der Waals surface area (Å²) in [6, 6.07) is -2.44. The fourth-order valence-electron chi connectivity index (χ4n) is 10.1. The first-order valence-electron chi connectivity index (χ1n) is 26.6. The highest BCUT2D eigenvalue weighted by molar-refractivity contribution is 6.10. The van der Waals surface area contributed by atoms with Crippen molar-refractivity contribution < 1.29 is 67.9 Å². The number of fused-ring (bicyclic) bond motifs is 1. The van der Waals surface area contributed by atoms with Crippen molar-refractivity contribution >= 4 is 53.1 Å². The number of aliphatic hydroxyl groups excluding tert-OH is 3. The van der Waals surface area contributed by atoms with E-state index in [9.17, 15) is 53.7 Å². The predicted octanol–water partition coefficient (Wildman–Crippen LogP) is 1.36. The summed E-state index contributed by atoms with van der Waals surface area (Å²) in [5, 5.41) is 41.7. The van der Waals surface area contributed by atoms with Crippen LogP contribution in [0, 0.1) is 29.6 Å². The second kappa shape index (κ2) is 27.5. The van der Waals surface area contributed by atoms with Crippen LogP contribution in [0.25, 0.3) is 0 Å². The molecule has 420 valence electrons. The summed E-state index contributed by atoms with van der Waals surface area (Å²) < 4.78 is 11.5. The number of aliphatic hydroxyl groups is 3. The number of esters is 1. The number of hydrogen-bond donors (Lipinski definition) is 6. The van der Waals surface area contributed by atoms with Crippen molar-refractivity contribution in [2.24, 2.45) is 29.6 Å². The first kappa shape index (κ1) is 62.0. The molecular weight excluding hydrogens is 971 g/mol. The van der Waals surface area contributed by atoms with Crippen LogP contribution in [0.3, 0.4) is 0 Å². The van der Waals surface area contributed by atoms with E-state index in [1.807, 2.05) is 13.8 Å². The molecule has 0 bridgehead atoms. The molecule has 1 aromatic carbocycles. The molecule has 7 amide bonds. The lowest BCUT2D eigenvalue weighted by Gasteiger charge is -2.39. The third-order valence-electron chi connectivity index (χ3n) is 14.9. The monoisotopic (exact) mass is 1060 g/mol. The lowest BCUT2D eigenvalue weighted by atomic mass is 9.90. The number of nitrogens with zero attached hydrogens (tertiary/aromatic N) is 4. The van der Waals surface area contributed by atoms with E-state index in [0.29, 0.717) is 29.1 Å². The van der Waals surface area contributed by atoms with Crippen LogP contribution in [-0.2, 0) is 54.3 Å². The Morgan fingerprint density at radius 2 is 1.57 bits per heavy atom. The van der Waals surface area contributed by atoms with Gasteiger partial charge in [-0.1, -0.05) is 73.9 Å². The van der Waals surface area contributed by atoms with E-state index < -0.39 is 144 Å². The molecule has 4 rings (SSSR count). The van der Waals surface area contributed by atoms with Gasteiger partial charge in [0.1, 0.15) is 48.2 Å². The zero-order valence-corrected chi connectivity index (χ0v) is 46.2. The number of amides is 7. The van der Waals surface area contributed by atoms with Crippen molar-refractivity contribution in [2.45, 2.75) is 187 Å². The molecule has 6 N–H and O–H groups in total. The quantitative estimate of drug-likeness (QED) is 0.0949. The third-order valence-corrected chi connectivity index (χ3v) is 14.9. The fourth-order valence-corrected chi connectivity index (χ4v) is 10.1. The van der Waals surface area contributed by atoms with Crippen LogP contribution in [0.4, 0.5) is 0 Å². The molecule has 0 radical (unpaired) electrons. The Morgan fingerprint density at radius 1 is 0.933 bits per heavy atom. The summed E-state index contributed by atoms with van der Waals surface area (Å²) in [6.45, 7) is 16.7. The molecule has 3 aliphatic heterocycles. The van der Waals surface area contributed by atoms with Gasteiger partial charge in [0.2, 0.25) is 41.4 Å². The molecule has 21 heteroatoms. The summed E-state index contributed by atoms with van der Waals surface area (Å²) in [7, 11) is 4.32. The number of β-amino-alcohol motifs (C(OH)–C–C–N with tert-alkyl or cyclic N) is 1. The van der Waals surface area contributed by atoms with Crippen molar-refractivity contribution in [1.29, 1.82) is 0 Å². The normalized spacial score (nSPS) is 27.3. The smallest absolute Gasteiger partial charge is 0.329 e. The SMILES string of the molecule is CC[C@H](C)C1NC(=O)[C@@H](NC(=O)[C@@H](CC(C)C)N(C)C(=O)[C@@H]2C[C@@H](O)CN2)[C@@H](C)OC(=O)[C@H](Cc2ccc(OC)cc2)N(C)C(=O)[C@@H]2CCCN2C(=O)C(CC(C)C)N(C(=O)[C@@H](C)C(=O)[C@@H](O)C(C)C)C(=O)C[C@@H]1O. The molecule has 0 aliphatic carbocycles. The minimum Gasteiger partial charge on any atom is -0.497 e. The van der Waals surface area contributed by atoms with Crippen LogP contribution in [-0.4, -0.2) is 189 Å². The van der Waals surface area contributed by atoms with Crippen LogP contribution < -0.4 is 20.7 Å². The summed E-state index contributed by atoms with van der Waals surface area (Å²) in [5.74, 6) is -10.5. The van der Waals surface area contributed by atoms with Crippen LogP contribution in [0.1, 0.15) is 120 Å². The number of rotatable bonds is 17. The van der Waals surface area contributed by atoms with E-state index in [1.54, 1.807) is 65.8 Å². The largest absolute Gasteiger partial charge is 0.497 e. The number of Topliss-reactive ketones (excluding diaryl/α,β-unsaturated/α-hetero) is 1. The zero-order valence-electron chi connectivity index (χ0n) is 46.2. The lowest BCUT2D eigenvalue weighted by Crippen LogP contribution is -2.63. The van der Waals surface area contributed by atoms with Crippen molar-refractivity contribution in [3.63, 3.8) is 0 Å². The molecule has 1 aromatic rings. The van der Waals surface area contributed by atoms with Crippen molar-refractivity contribution in [3.05, 3.63) is 29.8 Å². The van der Waals surface area contributed by atoms with Crippen molar-refractivity contribution in [3.8, 4) is 5.75 Å². The van der Waals surface area contributed by atoms with Crippen molar-refractivity contribution in [1.82, 2.24) is 35.6 Å². The van der Waals surface area contributed by atoms with Crippen molar-refractivity contribution in [2.75, 3.05) is 34.3 Å². The second-order valence-corrected chi connectivity index (χ2v) is 22.0. The van der Waals surface area contributed by atoms with E-state index in [-0.39, 0.29) is 57.0 Å². The topological polar surface area (TPSA) is 282 Å². The maximum Gasteiger partial charge on any atom is 0.329 e. The molecule has 3 fully saturated rings. The molecule has 21 nitrogen and oxygen atoms in total. The highest BCUT2D eigenvalue weighted by Crippen LogP contribution is 2.29. The molecule has 2 unspecified atom stereocenters. The van der Waals surface area contributed by atoms with E-state index >= 15 is 4.79 Å². The Bertz CT molecular complexity index is 2190. The van der Waals surface area contributed by atoms with Crippen LogP contribution in [0.2, 0.25) is 0 Å². The highest BCUT2D eigenvalue weighted by Gasteiger charge is 2.48. The number of cyclic esters (lactones) is 1. The number of hydrogen-bond acceptors (Lipinski definition) is 15. The fraction of sp³-hybridized carbons (Fsp3) is 0.722. The van der Waals surface area contributed by atoms with Gasteiger partial charge in [0.15, 0.2) is 5.78 Å². The van der Waals surface area contributed by atoms with Gasteiger partial charge < -0.3 is 55.4 Å². The summed E-state index contributed by atoms with van der Waals surface area (Å²) in [4.78, 5) is 136. The molecule has 13 atom stereocenters. The highest BCUT2D eigenvalue weighted by atomic mass is 16.5. The maximum atomic E-state index is 15.2. The number of methoxy groups -OCH3 is 1. The number of ether oxygens (including phenoxy) is 2. The maximum absolute atomic E-state index is 15.2. The number of nitrogens with one attached hydrogen (secondary N) is 3. The Hall–Kier alpha value is -5.51. The van der Waals surface area contributed by atoms with Gasteiger partial charge in [0.05, 0.1) is 43.7 Å². The second-order valence-electron chi connectivity index (χ2n) is 22.0.